The van der Waals surface area contributed by atoms with E-state index in [4.69, 9.17) is 9.26 Å². The van der Waals surface area contributed by atoms with Crippen molar-refractivity contribution >= 4 is 17.6 Å². The van der Waals surface area contributed by atoms with E-state index in [-0.39, 0.29) is 18.4 Å². The molecule has 1 N–H and O–H groups in total. The molecule has 1 aromatic rings. The van der Waals surface area contributed by atoms with Gasteiger partial charge in [-0.05, 0) is 26.7 Å². The molecule has 1 heterocycles. The van der Waals surface area contributed by atoms with Gasteiger partial charge in [0.05, 0.1) is 6.54 Å². The zero-order valence-corrected chi connectivity index (χ0v) is 20.6. The molecule has 1 rings (SSSR count). The third-order valence-electron chi connectivity index (χ3n) is 5.50. The van der Waals surface area contributed by atoms with Crippen LogP contribution in [0.15, 0.2) is 10.6 Å². The van der Waals surface area contributed by atoms with E-state index in [9.17, 15) is 9.59 Å². The first kappa shape index (κ1) is 28.1. The minimum Gasteiger partial charge on any atom is -0.382 e. The maximum Gasteiger partial charge on any atom is 0.245 e. The number of anilines is 1. The Morgan fingerprint density at radius 2 is 1.59 bits per heavy atom. The number of carbonyl (C=O) groups excluding carboxylic acids is 2. The second-order valence-corrected chi connectivity index (χ2v) is 8.52. The summed E-state index contributed by atoms with van der Waals surface area (Å²) in [5.41, 5.74) is 0. The summed E-state index contributed by atoms with van der Waals surface area (Å²) in [4.78, 5) is 26.7. The molecule has 0 aliphatic carbocycles. The summed E-state index contributed by atoms with van der Waals surface area (Å²) in [5.74, 6) is 0.770. The van der Waals surface area contributed by atoms with Gasteiger partial charge >= 0.3 is 0 Å². The third kappa shape index (κ3) is 14.2. The molecule has 2 amide bonds. The molecule has 0 saturated heterocycles. The summed E-state index contributed by atoms with van der Waals surface area (Å²) in [7, 11) is 0. The molecule has 0 aromatic carbocycles. The lowest BCUT2D eigenvalue weighted by atomic mass is 10.1. The largest absolute Gasteiger partial charge is 0.382 e. The van der Waals surface area contributed by atoms with Crippen LogP contribution in [0.1, 0.15) is 103 Å². The Balaban J connectivity index is 2.26. The zero-order valence-electron chi connectivity index (χ0n) is 20.6. The summed E-state index contributed by atoms with van der Waals surface area (Å²) >= 11 is 0. The average molecular weight is 452 g/mol. The number of hydrogen-bond donors (Lipinski definition) is 1. The molecule has 7 heteroatoms. The number of aromatic nitrogens is 1. The second kappa shape index (κ2) is 18.7. The van der Waals surface area contributed by atoms with Crippen LogP contribution in [-0.4, -0.2) is 48.2 Å². The van der Waals surface area contributed by atoms with Crippen LogP contribution in [0.4, 0.5) is 5.82 Å². The van der Waals surface area contributed by atoms with Crippen molar-refractivity contribution in [3.8, 4) is 0 Å². The highest BCUT2D eigenvalue weighted by atomic mass is 16.5. The van der Waals surface area contributed by atoms with Crippen LogP contribution in [-0.2, 0) is 14.3 Å². The van der Waals surface area contributed by atoms with Gasteiger partial charge in [0, 0.05) is 32.2 Å². The minimum atomic E-state index is -0.262. The third-order valence-corrected chi connectivity index (χ3v) is 5.50. The molecular formula is C25H45N3O4. The van der Waals surface area contributed by atoms with Crippen molar-refractivity contribution in [2.45, 2.75) is 104 Å². The molecule has 0 radical (unpaired) electrons. The van der Waals surface area contributed by atoms with Gasteiger partial charge in [-0.2, -0.15) is 0 Å². The molecule has 32 heavy (non-hydrogen) atoms. The molecular weight excluding hydrogens is 406 g/mol. The number of nitrogens with zero attached hydrogens (tertiary/aromatic N) is 2. The Kier molecular flexibility index (Phi) is 16.4. The molecule has 0 aliphatic heterocycles. The molecule has 0 unspecified atom stereocenters. The van der Waals surface area contributed by atoms with Gasteiger partial charge in [-0.25, -0.2) is 0 Å². The summed E-state index contributed by atoms with van der Waals surface area (Å²) in [6.07, 6.45) is 15.0. The topological polar surface area (TPSA) is 84.7 Å². The fraction of sp³-hybridized carbons (Fsp3) is 0.800. The second-order valence-electron chi connectivity index (χ2n) is 8.52. The van der Waals surface area contributed by atoms with Gasteiger partial charge in [0.1, 0.15) is 5.76 Å². The minimum absolute atomic E-state index is 0.0227. The number of aryl methyl sites for hydroxylation is 1. The molecule has 0 fully saturated rings. The van der Waals surface area contributed by atoms with Crippen LogP contribution < -0.4 is 5.32 Å². The van der Waals surface area contributed by atoms with Crippen LogP contribution in [0.2, 0.25) is 0 Å². The van der Waals surface area contributed by atoms with Crippen molar-refractivity contribution in [1.29, 1.82) is 0 Å². The predicted octanol–water partition coefficient (Wildman–Crippen LogP) is 5.88. The number of carbonyl (C=O) groups is 2. The van der Waals surface area contributed by atoms with Gasteiger partial charge in [0.15, 0.2) is 5.82 Å². The summed E-state index contributed by atoms with van der Waals surface area (Å²) in [6, 6.07) is 1.66. The van der Waals surface area contributed by atoms with E-state index in [1.807, 2.05) is 6.92 Å². The fourth-order valence-electron chi connectivity index (χ4n) is 3.67. The van der Waals surface area contributed by atoms with E-state index in [0.717, 1.165) is 12.8 Å². The Bertz CT molecular complexity index is 618. The summed E-state index contributed by atoms with van der Waals surface area (Å²) in [5, 5.41) is 6.47. The monoisotopic (exact) mass is 451 g/mol. The van der Waals surface area contributed by atoms with E-state index in [1.165, 1.54) is 57.8 Å². The van der Waals surface area contributed by atoms with Crippen molar-refractivity contribution < 1.29 is 18.8 Å². The molecule has 0 saturated carbocycles. The van der Waals surface area contributed by atoms with Crippen LogP contribution in [0.5, 0.6) is 0 Å². The Morgan fingerprint density at radius 3 is 2.16 bits per heavy atom. The lowest BCUT2D eigenvalue weighted by Gasteiger charge is -2.22. The number of amides is 2. The normalized spacial score (nSPS) is 11.0. The summed E-state index contributed by atoms with van der Waals surface area (Å²) in [6.45, 7) is 7.74. The van der Waals surface area contributed by atoms with Gasteiger partial charge < -0.3 is 19.5 Å². The highest BCUT2D eigenvalue weighted by molar-refractivity contribution is 5.93. The van der Waals surface area contributed by atoms with E-state index < -0.39 is 0 Å². The maximum absolute atomic E-state index is 12.7. The summed E-state index contributed by atoms with van der Waals surface area (Å²) < 4.78 is 10.3. The lowest BCUT2D eigenvalue weighted by molar-refractivity contribution is -0.135. The number of nitrogens with one attached hydrogen (secondary N) is 1. The predicted molar refractivity (Wildman–Crippen MR) is 129 cm³/mol. The van der Waals surface area contributed by atoms with Gasteiger partial charge in [-0.3, -0.25) is 9.59 Å². The van der Waals surface area contributed by atoms with E-state index in [2.05, 4.69) is 17.4 Å². The van der Waals surface area contributed by atoms with Gasteiger partial charge in [-0.15, -0.1) is 0 Å². The quantitative estimate of drug-likeness (QED) is 0.250. The standard InChI is InChI=1S/C25H45N3O4/c1-4-6-7-8-9-10-11-12-13-14-15-17-25(30)28(18-16-19-31-5-2)21-24(29)26-23-20-22(3)32-27-23/h20H,4-19,21H2,1-3H3,(H,26,27,29). The fourth-order valence-corrected chi connectivity index (χ4v) is 3.67. The maximum atomic E-state index is 12.7. The number of rotatable bonds is 20. The van der Waals surface area contributed by atoms with Crippen molar-refractivity contribution in [3.05, 3.63) is 11.8 Å². The smallest absolute Gasteiger partial charge is 0.245 e. The van der Waals surface area contributed by atoms with E-state index in [0.29, 0.717) is 44.2 Å². The molecule has 7 nitrogen and oxygen atoms in total. The highest BCUT2D eigenvalue weighted by Crippen LogP contribution is 2.13. The van der Waals surface area contributed by atoms with Crippen molar-refractivity contribution in [2.24, 2.45) is 0 Å². The van der Waals surface area contributed by atoms with E-state index in [1.54, 1.807) is 17.9 Å². The first-order valence-corrected chi connectivity index (χ1v) is 12.7. The van der Waals surface area contributed by atoms with Crippen molar-refractivity contribution in [1.82, 2.24) is 10.1 Å². The van der Waals surface area contributed by atoms with E-state index >= 15 is 0 Å². The number of ether oxygens (including phenoxy) is 1. The van der Waals surface area contributed by atoms with Crippen LogP contribution in [0, 0.1) is 6.92 Å². The van der Waals surface area contributed by atoms with Crippen molar-refractivity contribution in [2.75, 3.05) is 31.6 Å². The van der Waals surface area contributed by atoms with Crippen LogP contribution in [0.25, 0.3) is 0 Å². The number of unbranched alkanes of at least 4 members (excludes halogenated alkanes) is 10. The SMILES string of the molecule is CCCCCCCCCCCCCC(=O)N(CCCOCC)CC(=O)Nc1cc(C)on1. The molecule has 1 aromatic heterocycles. The Hall–Kier alpha value is -1.89. The molecule has 0 bridgehead atoms. The lowest BCUT2D eigenvalue weighted by Crippen LogP contribution is -2.39. The first-order chi connectivity index (χ1) is 15.6. The number of hydrogen-bond acceptors (Lipinski definition) is 5. The molecule has 0 spiro atoms. The molecule has 0 aliphatic rings. The first-order valence-electron chi connectivity index (χ1n) is 12.7. The Morgan fingerprint density at radius 1 is 0.969 bits per heavy atom. The van der Waals surface area contributed by atoms with Gasteiger partial charge in [0.25, 0.3) is 0 Å². The van der Waals surface area contributed by atoms with Crippen LogP contribution >= 0.6 is 0 Å². The molecule has 184 valence electrons. The Labute approximate surface area is 194 Å². The van der Waals surface area contributed by atoms with Crippen molar-refractivity contribution in [3.63, 3.8) is 0 Å². The highest BCUT2D eigenvalue weighted by Gasteiger charge is 2.17. The zero-order chi connectivity index (χ0) is 23.4. The molecule has 0 atom stereocenters. The van der Waals surface area contributed by atoms with Gasteiger partial charge in [-0.1, -0.05) is 76.3 Å². The average Bonchev–Trinajstić information content (AvgIpc) is 3.18. The van der Waals surface area contributed by atoms with Crippen LogP contribution in [0.3, 0.4) is 0 Å². The van der Waals surface area contributed by atoms with Gasteiger partial charge in [0.2, 0.25) is 11.8 Å².